The third kappa shape index (κ3) is 3.27. The maximum atomic E-state index is 13.3. The van der Waals surface area contributed by atoms with Gasteiger partial charge in [-0.3, -0.25) is 9.48 Å². The number of fused-ring (bicyclic) bond motifs is 1. The molecule has 32 heavy (non-hydrogen) atoms. The lowest BCUT2D eigenvalue weighted by atomic mass is 10.2. The molecule has 6 nitrogen and oxygen atoms in total. The number of para-hydroxylation sites is 2. The van der Waals surface area contributed by atoms with Crippen LogP contribution in [0.3, 0.4) is 0 Å². The molecule has 0 bridgehead atoms. The second-order valence-electron chi connectivity index (χ2n) is 7.47. The van der Waals surface area contributed by atoms with Crippen molar-refractivity contribution in [3.8, 4) is 17.1 Å². The molecule has 7 heteroatoms. The highest BCUT2D eigenvalue weighted by molar-refractivity contribution is 7.07. The topological polar surface area (TPSA) is 57.4 Å². The first-order valence-electron chi connectivity index (χ1n) is 10.3. The summed E-state index contributed by atoms with van der Waals surface area (Å²) in [5.74, 6) is 0.761. The molecule has 2 aromatic carbocycles. The Bertz CT molecular complexity index is 1530. The van der Waals surface area contributed by atoms with E-state index in [-0.39, 0.29) is 5.56 Å². The smallest absolute Gasteiger partial charge is 0.297 e. The number of thiazole rings is 1. The number of hydrogen-bond acceptors (Lipinski definition) is 4. The number of benzene rings is 2. The standard InChI is InChI=1S/C25H22N4O2S/c1-4-14-28-20(22-15-18-10-8-9-13-21(18)31-22)16-32-25(28)26-23-17(2)27(3)29(24(23)30)19-11-6-5-7-12-19/h4-13,15-16H,1,14H2,2-3H3. The molecule has 0 radical (unpaired) electrons. The van der Waals surface area contributed by atoms with Crippen LogP contribution in [0.25, 0.3) is 28.1 Å². The molecule has 5 rings (SSSR count). The molecule has 0 aliphatic heterocycles. The zero-order chi connectivity index (χ0) is 22.2. The van der Waals surface area contributed by atoms with Crippen molar-refractivity contribution < 1.29 is 4.42 Å². The first kappa shape index (κ1) is 20.1. The molecule has 0 N–H and O–H groups in total. The van der Waals surface area contributed by atoms with Crippen LogP contribution >= 0.6 is 11.3 Å². The monoisotopic (exact) mass is 442 g/mol. The summed E-state index contributed by atoms with van der Waals surface area (Å²) in [6.45, 7) is 6.35. The minimum Gasteiger partial charge on any atom is -0.454 e. The Labute approximate surface area is 188 Å². The van der Waals surface area contributed by atoms with Gasteiger partial charge in [-0.15, -0.1) is 17.9 Å². The molecule has 0 spiro atoms. The quantitative estimate of drug-likeness (QED) is 0.352. The SMILES string of the molecule is C=CCn1c(-c2cc3ccccc3o2)csc1=Nc1c(C)n(C)n(-c2ccccc2)c1=O. The van der Waals surface area contributed by atoms with Crippen LogP contribution in [0.5, 0.6) is 0 Å². The van der Waals surface area contributed by atoms with Gasteiger partial charge in [-0.2, -0.15) is 0 Å². The van der Waals surface area contributed by atoms with Gasteiger partial charge in [0.05, 0.1) is 17.1 Å². The van der Waals surface area contributed by atoms with Crippen molar-refractivity contribution in [3.05, 3.63) is 99.5 Å². The maximum Gasteiger partial charge on any atom is 0.297 e. The van der Waals surface area contributed by atoms with Gasteiger partial charge in [0.25, 0.3) is 5.56 Å². The predicted octanol–water partition coefficient (Wildman–Crippen LogP) is 5.18. The molecule has 0 aliphatic rings. The summed E-state index contributed by atoms with van der Waals surface area (Å²) < 4.78 is 11.6. The van der Waals surface area contributed by atoms with Gasteiger partial charge in [0.2, 0.25) is 0 Å². The number of rotatable bonds is 5. The summed E-state index contributed by atoms with van der Waals surface area (Å²) in [7, 11) is 1.87. The zero-order valence-corrected chi connectivity index (χ0v) is 18.7. The van der Waals surface area contributed by atoms with Crippen LogP contribution in [0.2, 0.25) is 0 Å². The van der Waals surface area contributed by atoms with Gasteiger partial charge >= 0.3 is 0 Å². The lowest BCUT2D eigenvalue weighted by molar-refractivity contribution is 0.619. The average molecular weight is 443 g/mol. The Morgan fingerprint density at radius 2 is 1.88 bits per heavy atom. The fourth-order valence-electron chi connectivity index (χ4n) is 3.81. The van der Waals surface area contributed by atoms with E-state index in [1.165, 1.54) is 11.3 Å². The van der Waals surface area contributed by atoms with E-state index in [0.717, 1.165) is 33.8 Å². The van der Waals surface area contributed by atoms with Crippen molar-refractivity contribution in [2.75, 3.05) is 0 Å². The minimum atomic E-state index is -0.153. The van der Waals surface area contributed by atoms with E-state index >= 15 is 0 Å². The fraction of sp³-hybridized carbons (Fsp3) is 0.120. The molecule has 5 aromatic rings. The molecule has 0 atom stereocenters. The Balaban J connectivity index is 1.69. The zero-order valence-electron chi connectivity index (χ0n) is 17.9. The number of allylic oxidation sites excluding steroid dienone is 1. The normalized spacial score (nSPS) is 12.0. The summed E-state index contributed by atoms with van der Waals surface area (Å²) in [4.78, 5) is 18.8. The van der Waals surface area contributed by atoms with Gasteiger partial charge in [-0.25, -0.2) is 9.67 Å². The van der Waals surface area contributed by atoms with Crippen LogP contribution in [0.1, 0.15) is 5.69 Å². The van der Waals surface area contributed by atoms with E-state index < -0.39 is 0 Å². The number of furan rings is 1. The number of hydrogen-bond donors (Lipinski definition) is 0. The molecule has 0 saturated heterocycles. The molecular weight excluding hydrogens is 420 g/mol. The Morgan fingerprint density at radius 3 is 2.62 bits per heavy atom. The van der Waals surface area contributed by atoms with E-state index in [9.17, 15) is 4.79 Å². The number of nitrogens with zero attached hydrogens (tertiary/aromatic N) is 4. The first-order valence-corrected chi connectivity index (χ1v) is 11.1. The fourth-order valence-corrected chi connectivity index (χ4v) is 4.71. The highest BCUT2D eigenvalue weighted by Crippen LogP contribution is 2.28. The van der Waals surface area contributed by atoms with Crippen molar-refractivity contribution in [2.45, 2.75) is 13.5 Å². The lowest BCUT2D eigenvalue weighted by Crippen LogP contribution is -2.20. The van der Waals surface area contributed by atoms with E-state index in [4.69, 9.17) is 9.41 Å². The van der Waals surface area contributed by atoms with Crippen molar-refractivity contribution in [1.29, 1.82) is 0 Å². The Kier molecular flexibility index (Phi) is 5.03. The summed E-state index contributed by atoms with van der Waals surface area (Å²) >= 11 is 1.48. The molecule has 0 saturated carbocycles. The molecule has 3 heterocycles. The van der Waals surface area contributed by atoms with Gasteiger partial charge in [0.15, 0.2) is 16.2 Å². The second-order valence-corrected chi connectivity index (χ2v) is 8.31. The van der Waals surface area contributed by atoms with Crippen molar-refractivity contribution in [3.63, 3.8) is 0 Å². The first-order chi connectivity index (χ1) is 15.6. The maximum absolute atomic E-state index is 13.3. The Morgan fingerprint density at radius 1 is 1.12 bits per heavy atom. The van der Waals surface area contributed by atoms with Crippen LogP contribution in [0.15, 0.2) is 92.9 Å². The van der Waals surface area contributed by atoms with E-state index in [0.29, 0.717) is 17.0 Å². The predicted molar refractivity (Wildman–Crippen MR) is 129 cm³/mol. The van der Waals surface area contributed by atoms with Crippen LogP contribution in [-0.4, -0.2) is 13.9 Å². The largest absolute Gasteiger partial charge is 0.454 e. The molecular formula is C25H22N4O2S. The van der Waals surface area contributed by atoms with Gasteiger partial charge in [0.1, 0.15) is 5.58 Å². The minimum absolute atomic E-state index is 0.153. The van der Waals surface area contributed by atoms with Gasteiger partial charge < -0.3 is 8.98 Å². The lowest BCUT2D eigenvalue weighted by Gasteiger charge is -2.07. The molecule has 0 unspecified atom stereocenters. The summed E-state index contributed by atoms with van der Waals surface area (Å²) in [6.07, 6.45) is 1.82. The van der Waals surface area contributed by atoms with Crippen LogP contribution in [0.4, 0.5) is 5.69 Å². The van der Waals surface area contributed by atoms with E-state index in [1.807, 2.05) is 95.3 Å². The van der Waals surface area contributed by atoms with Gasteiger partial charge in [-0.1, -0.05) is 42.5 Å². The van der Waals surface area contributed by atoms with Crippen molar-refractivity contribution >= 4 is 28.0 Å². The van der Waals surface area contributed by atoms with Crippen molar-refractivity contribution in [2.24, 2.45) is 12.0 Å². The summed E-state index contributed by atoms with van der Waals surface area (Å²) in [6, 6.07) is 19.5. The summed E-state index contributed by atoms with van der Waals surface area (Å²) in [5, 5.41) is 3.05. The average Bonchev–Trinajstić information content (AvgIpc) is 3.46. The van der Waals surface area contributed by atoms with Crippen LogP contribution in [0, 0.1) is 6.92 Å². The van der Waals surface area contributed by atoms with Crippen LogP contribution < -0.4 is 10.4 Å². The van der Waals surface area contributed by atoms with Crippen LogP contribution in [-0.2, 0) is 13.6 Å². The third-order valence-electron chi connectivity index (χ3n) is 5.52. The molecule has 0 fully saturated rings. The highest BCUT2D eigenvalue weighted by atomic mass is 32.1. The van der Waals surface area contributed by atoms with E-state index in [2.05, 4.69) is 6.58 Å². The highest BCUT2D eigenvalue weighted by Gasteiger charge is 2.17. The molecule has 0 aliphatic carbocycles. The third-order valence-corrected chi connectivity index (χ3v) is 6.38. The molecule has 0 amide bonds. The Hall–Kier alpha value is -3.84. The van der Waals surface area contributed by atoms with Gasteiger partial charge in [-0.05, 0) is 31.2 Å². The van der Waals surface area contributed by atoms with E-state index in [1.54, 1.807) is 4.68 Å². The summed E-state index contributed by atoms with van der Waals surface area (Å²) in [5.41, 5.74) is 3.61. The molecule has 160 valence electrons. The second kappa shape index (κ2) is 8.01. The van der Waals surface area contributed by atoms with Gasteiger partial charge in [0, 0.05) is 24.4 Å². The van der Waals surface area contributed by atoms with Crippen molar-refractivity contribution in [1.82, 2.24) is 13.9 Å². The molecule has 3 aromatic heterocycles. The number of aromatic nitrogens is 3.